The van der Waals surface area contributed by atoms with Crippen molar-refractivity contribution in [2.24, 2.45) is 0 Å². The Balaban J connectivity index is 2.82. The monoisotopic (exact) mass is 297 g/mol. The highest BCUT2D eigenvalue weighted by atomic mass is 16.5. The topological polar surface area (TPSA) is 88.0 Å². The fraction of sp³-hybridized carbons (Fsp3) is 0.533. The summed E-state index contributed by atoms with van der Waals surface area (Å²) in [7, 11) is 0. The van der Waals surface area contributed by atoms with Crippen LogP contribution in [0.2, 0.25) is 0 Å². The zero-order valence-electron chi connectivity index (χ0n) is 12.7. The minimum Gasteiger partial charge on any atom is -0.490 e. The summed E-state index contributed by atoms with van der Waals surface area (Å²) in [6, 6.07) is 4.89. The van der Waals surface area contributed by atoms with E-state index in [-0.39, 0.29) is 12.5 Å². The van der Waals surface area contributed by atoms with Gasteiger partial charge in [-0.1, -0.05) is 0 Å². The third-order valence-electron chi connectivity index (χ3n) is 2.78. The molecule has 0 radical (unpaired) electrons. The Morgan fingerprint density at radius 2 is 1.86 bits per heavy atom. The van der Waals surface area contributed by atoms with E-state index in [1.165, 1.54) is 6.92 Å². The number of nitrogens with one attached hydrogen (secondary N) is 1. The number of rotatable bonds is 8. The Morgan fingerprint density at radius 1 is 1.24 bits per heavy atom. The third-order valence-corrected chi connectivity index (χ3v) is 2.78. The molecule has 1 aromatic rings. The van der Waals surface area contributed by atoms with E-state index < -0.39 is 12.2 Å². The van der Waals surface area contributed by atoms with Gasteiger partial charge in [0.2, 0.25) is 0 Å². The summed E-state index contributed by atoms with van der Waals surface area (Å²) >= 11 is 0. The first-order valence-corrected chi connectivity index (χ1v) is 6.94. The Kier molecular flexibility index (Phi) is 6.45. The highest BCUT2D eigenvalue weighted by Crippen LogP contribution is 2.28. The van der Waals surface area contributed by atoms with Crippen molar-refractivity contribution < 1.29 is 24.5 Å². The molecule has 1 unspecified atom stereocenters. The Labute approximate surface area is 124 Å². The summed E-state index contributed by atoms with van der Waals surface area (Å²) in [6.07, 6.45) is 0. The van der Waals surface area contributed by atoms with Crippen LogP contribution in [0.1, 0.15) is 31.1 Å². The van der Waals surface area contributed by atoms with Crippen molar-refractivity contribution in [1.29, 1.82) is 0 Å². The molecule has 1 aromatic carbocycles. The van der Waals surface area contributed by atoms with Gasteiger partial charge in [-0.05, 0) is 39.0 Å². The number of ether oxygens (including phenoxy) is 2. The molecule has 6 nitrogen and oxygen atoms in total. The summed E-state index contributed by atoms with van der Waals surface area (Å²) in [6.45, 7) is 5.65. The number of benzene rings is 1. The first-order chi connectivity index (χ1) is 9.93. The van der Waals surface area contributed by atoms with Gasteiger partial charge in [-0.3, -0.25) is 4.79 Å². The maximum Gasteiger partial charge on any atom is 0.251 e. The molecule has 0 fully saturated rings. The lowest BCUT2D eigenvalue weighted by Crippen LogP contribution is -2.43. The van der Waals surface area contributed by atoms with Gasteiger partial charge >= 0.3 is 0 Å². The number of hydrogen-bond donors (Lipinski definition) is 3. The fourth-order valence-electron chi connectivity index (χ4n) is 1.62. The van der Waals surface area contributed by atoms with Crippen LogP contribution < -0.4 is 14.8 Å². The number of aliphatic hydroxyl groups is 2. The van der Waals surface area contributed by atoms with Gasteiger partial charge in [0.05, 0.1) is 19.8 Å². The van der Waals surface area contributed by atoms with Crippen LogP contribution in [0.4, 0.5) is 0 Å². The summed E-state index contributed by atoms with van der Waals surface area (Å²) in [5.74, 6) is 0.729. The molecule has 0 aromatic heterocycles. The molecule has 1 atom stereocenters. The maximum atomic E-state index is 12.0. The molecule has 0 aliphatic heterocycles. The SMILES string of the molecule is CCOc1ccc(C(=O)NCC(C)(O)CO)cc1OCC. The van der Waals surface area contributed by atoms with Gasteiger partial charge in [-0.15, -0.1) is 0 Å². The molecule has 0 bridgehead atoms. The lowest BCUT2D eigenvalue weighted by molar-refractivity contribution is 0.00320. The third kappa shape index (κ3) is 5.24. The normalized spacial score (nSPS) is 13.4. The molecule has 21 heavy (non-hydrogen) atoms. The van der Waals surface area contributed by atoms with Gasteiger partial charge < -0.3 is 25.0 Å². The van der Waals surface area contributed by atoms with E-state index in [0.29, 0.717) is 30.3 Å². The first-order valence-electron chi connectivity index (χ1n) is 6.94. The second-order valence-corrected chi connectivity index (χ2v) is 4.87. The van der Waals surface area contributed by atoms with E-state index >= 15 is 0 Å². The largest absolute Gasteiger partial charge is 0.490 e. The van der Waals surface area contributed by atoms with Crippen molar-refractivity contribution in [3.8, 4) is 11.5 Å². The van der Waals surface area contributed by atoms with Gasteiger partial charge in [-0.25, -0.2) is 0 Å². The number of amides is 1. The van der Waals surface area contributed by atoms with Crippen molar-refractivity contribution in [3.63, 3.8) is 0 Å². The van der Waals surface area contributed by atoms with Gasteiger partial charge in [0, 0.05) is 12.1 Å². The molecule has 3 N–H and O–H groups in total. The summed E-state index contributed by atoms with van der Waals surface area (Å²) in [5.41, 5.74) is -0.945. The van der Waals surface area contributed by atoms with Crippen LogP contribution in [0.25, 0.3) is 0 Å². The van der Waals surface area contributed by atoms with Gasteiger partial charge in [0.15, 0.2) is 11.5 Å². The van der Waals surface area contributed by atoms with E-state index in [9.17, 15) is 9.90 Å². The van der Waals surface area contributed by atoms with E-state index in [4.69, 9.17) is 14.6 Å². The highest BCUT2D eigenvalue weighted by molar-refractivity contribution is 5.94. The minimum absolute atomic E-state index is 0.0421. The predicted molar refractivity (Wildman–Crippen MR) is 78.8 cm³/mol. The molecule has 0 spiro atoms. The van der Waals surface area contributed by atoms with Crippen molar-refractivity contribution in [2.75, 3.05) is 26.4 Å². The molecule has 1 rings (SSSR count). The molecule has 0 heterocycles. The van der Waals surface area contributed by atoms with Crippen LogP contribution in [0.15, 0.2) is 18.2 Å². The van der Waals surface area contributed by atoms with Crippen LogP contribution in [-0.4, -0.2) is 48.1 Å². The number of aliphatic hydroxyl groups excluding tert-OH is 1. The zero-order chi connectivity index (χ0) is 15.9. The molecule has 1 amide bonds. The Morgan fingerprint density at radius 3 is 2.43 bits per heavy atom. The molecule has 0 saturated heterocycles. The molecule has 0 aliphatic rings. The van der Waals surface area contributed by atoms with Gasteiger partial charge in [-0.2, -0.15) is 0 Å². The summed E-state index contributed by atoms with van der Waals surface area (Å²) in [4.78, 5) is 12.0. The molecular formula is C15H23NO5. The fourth-order valence-corrected chi connectivity index (χ4v) is 1.62. The van der Waals surface area contributed by atoms with E-state index in [2.05, 4.69) is 5.32 Å². The lowest BCUT2D eigenvalue weighted by Gasteiger charge is -2.20. The van der Waals surface area contributed by atoms with Crippen molar-refractivity contribution in [2.45, 2.75) is 26.4 Å². The van der Waals surface area contributed by atoms with Crippen LogP contribution >= 0.6 is 0 Å². The molecule has 0 aliphatic carbocycles. The summed E-state index contributed by atoms with van der Waals surface area (Å²) < 4.78 is 10.9. The molecule has 0 saturated carbocycles. The molecule has 118 valence electrons. The standard InChI is InChI=1S/C15H23NO5/c1-4-20-12-7-6-11(8-13(12)21-5-2)14(18)16-9-15(3,19)10-17/h6-8,17,19H,4-5,9-10H2,1-3H3,(H,16,18). The lowest BCUT2D eigenvalue weighted by atomic mass is 10.1. The van der Waals surface area contributed by atoms with Crippen LogP contribution in [0.5, 0.6) is 11.5 Å². The Hall–Kier alpha value is -1.79. The van der Waals surface area contributed by atoms with E-state index in [1.807, 2.05) is 13.8 Å². The van der Waals surface area contributed by atoms with E-state index in [1.54, 1.807) is 18.2 Å². The van der Waals surface area contributed by atoms with Gasteiger partial charge in [0.1, 0.15) is 5.60 Å². The smallest absolute Gasteiger partial charge is 0.251 e. The zero-order valence-corrected chi connectivity index (χ0v) is 12.7. The van der Waals surface area contributed by atoms with Crippen molar-refractivity contribution >= 4 is 5.91 Å². The Bertz CT molecular complexity index is 473. The highest BCUT2D eigenvalue weighted by Gasteiger charge is 2.20. The summed E-state index contributed by atoms with van der Waals surface area (Å²) in [5, 5.41) is 21.2. The quantitative estimate of drug-likeness (QED) is 0.665. The van der Waals surface area contributed by atoms with Gasteiger partial charge in [0.25, 0.3) is 5.91 Å². The van der Waals surface area contributed by atoms with Crippen LogP contribution in [0, 0.1) is 0 Å². The molecular weight excluding hydrogens is 274 g/mol. The number of hydrogen-bond acceptors (Lipinski definition) is 5. The number of carbonyl (C=O) groups excluding carboxylic acids is 1. The average Bonchev–Trinajstić information content (AvgIpc) is 2.47. The maximum absolute atomic E-state index is 12.0. The van der Waals surface area contributed by atoms with Crippen molar-refractivity contribution in [1.82, 2.24) is 5.32 Å². The second kappa shape index (κ2) is 7.85. The van der Waals surface area contributed by atoms with Crippen molar-refractivity contribution in [3.05, 3.63) is 23.8 Å². The van der Waals surface area contributed by atoms with E-state index in [0.717, 1.165) is 0 Å². The van der Waals surface area contributed by atoms with Crippen LogP contribution in [-0.2, 0) is 0 Å². The molecule has 6 heteroatoms. The number of carbonyl (C=O) groups is 1. The first kappa shape index (κ1) is 17.3. The van der Waals surface area contributed by atoms with Crippen LogP contribution in [0.3, 0.4) is 0 Å². The second-order valence-electron chi connectivity index (χ2n) is 4.87. The average molecular weight is 297 g/mol. The minimum atomic E-state index is -1.34. The predicted octanol–water partition coefficient (Wildman–Crippen LogP) is 0.957.